The average molecular weight is 324 g/mol. The van der Waals surface area contributed by atoms with Crippen LogP contribution in [0.4, 0.5) is 10.1 Å². The SMILES string of the molecule is C[Si](C)OC(CC(C)(C)C)C1Oc2cc(F)ccc2NC1=O. The predicted molar refractivity (Wildman–Crippen MR) is 85.9 cm³/mol. The molecular weight excluding hydrogens is 301 g/mol. The second-order valence-corrected chi connectivity index (χ2v) is 9.05. The molecule has 1 radical (unpaired) electrons. The molecule has 0 spiro atoms. The van der Waals surface area contributed by atoms with Gasteiger partial charge >= 0.3 is 0 Å². The summed E-state index contributed by atoms with van der Waals surface area (Å²) in [6.45, 7) is 10.3. The molecule has 2 rings (SSSR count). The van der Waals surface area contributed by atoms with Gasteiger partial charge in [-0.3, -0.25) is 4.79 Å². The zero-order valence-electron chi connectivity index (χ0n) is 13.7. The number of benzene rings is 1. The van der Waals surface area contributed by atoms with Crippen LogP contribution in [-0.4, -0.2) is 27.2 Å². The van der Waals surface area contributed by atoms with Crippen LogP contribution in [-0.2, 0) is 9.22 Å². The topological polar surface area (TPSA) is 47.6 Å². The summed E-state index contributed by atoms with van der Waals surface area (Å²) in [5, 5.41) is 2.78. The Hall–Kier alpha value is -1.40. The van der Waals surface area contributed by atoms with Crippen LogP contribution in [0.25, 0.3) is 0 Å². The molecule has 0 aromatic heterocycles. The highest BCUT2D eigenvalue weighted by Crippen LogP contribution is 2.34. The number of halogens is 1. The Bertz CT molecular complexity index is 557. The van der Waals surface area contributed by atoms with E-state index in [1.807, 2.05) is 13.1 Å². The summed E-state index contributed by atoms with van der Waals surface area (Å²) in [7, 11) is -0.995. The van der Waals surface area contributed by atoms with E-state index in [1.165, 1.54) is 18.2 Å². The molecule has 0 saturated carbocycles. The highest BCUT2D eigenvalue weighted by atomic mass is 28.3. The summed E-state index contributed by atoms with van der Waals surface area (Å²) >= 11 is 0. The van der Waals surface area contributed by atoms with E-state index in [0.717, 1.165) is 0 Å². The first kappa shape index (κ1) is 17.0. The quantitative estimate of drug-likeness (QED) is 0.861. The van der Waals surface area contributed by atoms with Crippen LogP contribution in [0.2, 0.25) is 13.1 Å². The first-order valence-electron chi connectivity index (χ1n) is 7.39. The summed E-state index contributed by atoms with van der Waals surface area (Å²) in [5.74, 6) is -0.276. The molecular formula is C16H23FNO3Si. The monoisotopic (exact) mass is 324 g/mol. The Morgan fingerprint density at radius 2 is 2.09 bits per heavy atom. The van der Waals surface area contributed by atoms with Crippen LogP contribution < -0.4 is 10.1 Å². The van der Waals surface area contributed by atoms with E-state index in [-0.39, 0.29) is 17.4 Å². The Labute approximate surface area is 132 Å². The van der Waals surface area contributed by atoms with Gasteiger partial charge < -0.3 is 14.5 Å². The number of hydrogen-bond donors (Lipinski definition) is 1. The highest BCUT2D eigenvalue weighted by molar-refractivity contribution is 6.48. The van der Waals surface area contributed by atoms with Gasteiger partial charge in [0.1, 0.15) is 11.6 Å². The van der Waals surface area contributed by atoms with Crippen molar-refractivity contribution in [2.45, 2.75) is 52.5 Å². The number of ether oxygens (including phenoxy) is 1. The van der Waals surface area contributed by atoms with Gasteiger partial charge in [-0.1, -0.05) is 20.8 Å². The second-order valence-electron chi connectivity index (χ2n) is 7.00. The molecule has 2 unspecified atom stereocenters. The van der Waals surface area contributed by atoms with Gasteiger partial charge in [-0.05, 0) is 37.1 Å². The van der Waals surface area contributed by atoms with E-state index in [0.29, 0.717) is 17.9 Å². The van der Waals surface area contributed by atoms with Crippen molar-refractivity contribution in [3.63, 3.8) is 0 Å². The predicted octanol–water partition coefficient (Wildman–Crippen LogP) is 3.60. The molecule has 0 bridgehead atoms. The Kier molecular flexibility index (Phi) is 4.92. The van der Waals surface area contributed by atoms with E-state index in [4.69, 9.17) is 9.16 Å². The van der Waals surface area contributed by atoms with E-state index in [1.54, 1.807) is 0 Å². The molecule has 0 fully saturated rings. The van der Waals surface area contributed by atoms with Crippen molar-refractivity contribution in [3.8, 4) is 5.75 Å². The number of anilines is 1. The molecule has 0 saturated heterocycles. The third kappa shape index (κ3) is 4.30. The zero-order valence-corrected chi connectivity index (χ0v) is 14.7. The van der Waals surface area contributed by atoms with E-state index in [9.17, 15) is 9.18 Å². The van der Waals surface area contributed by atoms with Crippen molar-refractivity contribution >= 4 is 20.6 Å². The largest absolute Gasteiger partial charge is 0.476 e. The third-order valence-electron chi connectivity index (χ3n) is 3.25. The van der Waals surface area contributed by atoms with Gasteiger partial charge in [0.05, 0.1) is 11.8 Å². The van der Waals surface area contributed by atoms with Gasteiger partial charge in [-0.25, -0.2) is 4.39 Å². The molecule has 22 heavy (non-hydrogen) atoms. The summed E-state index contributed by atoms with van der Waals surface area (Å²) in [6, 6.07) is 4.10. The number of hydrogen-bond acceptors (Lipinski definition) is 3. The fourth-order valence-electron chi connectivity index (χ4n) is 2.45. The minimum Gasteiger partial charge on any atom is -0.476 e. The minimum atomic E-state index is -0.995. The lowest BCUT2D eigenvalue weighted by Gasteiger charge is -2.35. The smallest absolute Gasteiger partial charge is 0.268 e. The van der Waals surface area contributed by atoms with Crippen LogP contribution in [0.15, 0.2) is 18.2 Å². The van der Waals surface area contributed by atoms with Crippen molar-refractivity contribution in [2.24, 2.45) is 5.41 Å². The number of fused-ring (bicyclic) bond motifs is 1. The van der Waals surface area contributed by atoms with Crippen molar-refractivity contribution in [3.05, 3.63) is 24.0 Å². The molecule has 1 aliphatic rings. The van der Waals surface area contributed by atoms with Crippen LogP contribution in [0.5, 0.6) is 5.75 Å². The molecule has 1 heterocycles. The molecule has 121 valence electrons. The molecule has 1 aliphatic heterocycles. The standard InChI is InChI=1S/C16H23FNO3Si/c1-16(2,3)9-13(21-22(4)5)14-15(19)18-11-7-6-10(17)8-12(11)20-14/h6-8,13-14H,9H2,1-5H3,(H,18,19). The summed E-state index contributed by atoms with van der Waals surface area (Å²) in [4.78, 5) is 12.4. The van der Waals surface area contributed by atoms with Crippen molar-refractivity contribution in [1.82, 2.24) is 0 Å². The Morgan fingerprint density at radius 3 is 2.68 bits per heavy atom. The van der Waals surface area contributed by atoms with E-state index < -0.39 is 21.0 Å². The maximum atomic E-state index is 13.4. The number of carbonyl (C=O) groups is 1. The molecule has 1 amide bonds. The average Bonchev–Trinajstić information content (AvgIpc) is 2.35. The van der Waals surface area contributed by atoms with Crippen molar-refractivity contribution < 1.29 is 18.3 Å². The normalized spacial score (nSPS) is 19.4. The van der Waals surface area contributed by atoms with Crippen molar-refractivity contribution in [2.75, 3.05) is 5.32 Å². The van der Waals surface area contributed by atoms with Gasteiger partial charge in [0.2, 0.25) is 15.1 Å². The summed E-state index contributed by atoms with van der Waals surface area (Å²) in [6.07, 6.45) is -0.417. The lowest BCUT2D eigenvalue weighted by Crippen LogP contribution is -2.49. The summed E-state index contributed by atoms with van der Waals surface area (Å²) < 4.78 is 25.2. The number of rotatable bonds is 4. The van der Waals surface area contributed by atoms with Crippen molar-refractivity contribution in [1.29, 1.82) is 0 Å². The lowest BCUT2D eigenvalue weighted by atomic mass is 9.87. The summed E-state index contributed by atoms with van der Waals surface area (Å²) in [5.41, 5.74) is 0.490. The zero-order chi connectivity index (χ0) is 16.5. The van der Waals surface area contributed by atoms with Gasteiger partial charge in [0.25, 0.3) is 5.91 Å². The maximum Gasteiger partial charge on any atom is 0.268 e. The first-order chi connectivity index (χ1) is 10.2. The minimum absolute atomic E-state index is 0.00611. The Morgan fingerprint density at radius 1 is 1.41 bits per heavy atom. The van der Waals surface area contributed by atoms with E-state index >= 15 is 0 Å². The molecule has 1 aromatic rings. The van der Waals surface area contributed by atoms with E-state index in [2.05, 4.69) is 26.1 Å². The fraction of sp³-hybridized carbons (Fsp3) is 0.562. The molecule has 0 aliphatic carbocycles. The van der Waals surface area contributed by atoms with Crippen LogP contribution in [0.1, 0.15) is 27.2 Å². The van der Waals surface area contributed by atoms with Gasteiger partial charge in [-0.15, -0.1) is 0 Å². The highest BCUT2D eigenvalue weighted by Gasteiger charge is 2.38. The lowest BCUT2D eigenvalue weighted by molar-refractivity contribution is -0.128. The van der Waals surface area contributed by atoms with Crippen LogP contribution in [0, 0.1) is 11.2 Å². The molecule has 1 N–H and O–H groups in total. The number of amides is 1. The number of nitrogens with one attached hydrogen (secondary N) is 1. The maximum absolute atomic E-state index is 13.4. The van der Waals surface area contributed by atoms with Gasteiger partial charge in [-0.2, -0.15) is 0 Å². The first-order valence-corrected chi connectivity index (χ1v) is 9.80. The van der Waals surface area contributed by atoms with Crippen LogP contribution >= 0.6 is 0 Å². The third-order valence-corrected chi connectivity index (χ3v) is 4.03. The van der Waals surface area contributed by atoms with Crippen LogP contribution in [0.3, 0.4) is 0 Å². The number of carbonyl (C=O) groups excluding carboxylic acids is 1. The molecule has 1 aromatic carbocycles. The molecule has 2 atom stereocenters. The van der Waals surface area contributed by atoms with Gasteiger partial charge in [0, 0.05) is 6.07 Å². The molecule has 6 heteroatoms. The second kappa shape index (κ2) is 6.38. The van der Waals surface area contributed by atoms with Gasteiger partial charge in [0.15, 0.2) is 0 Å². The fourth-order valence-corrected chi connectivity index (χ4v) is 3.27. The Balaban J connectivity index is 2.25. The molecule has 4 nitrogen and oxygen atoms in total.